The van der Waals surface area contributed by atoms with Crippen LogP contribution in [0, 0.1) is 0 Å². The van der Waals surface area contributed by atoms with Crippen LogP contribution < -0.4 is 4.74 Å². The molecule has 0 aliphatic heterocycles. The first-order valence-corrected chi connectivity index (χ1v) is 5.30. The van der Waals surface area contributed by atoms with Crippen LogP contribution in [0.25, 0.3) is 0 Å². The summed E-state index contributed by atoms with van der Waals surface area (Å²) in [6.07, 6.45) is -3.11. The van der Waals surface area contributed by atoms with E-state index in [2.05, 4.69) is 4.98 Å². The number of para-hydroxylation sites is 1. The van der Waals surface area contributed by atoms with Gasteiger partial charge in [-0.3, -0.25) is 0 Å². The number of nitrogens with zero attached hydrogens (tertiary/aromatic N) is 1. The average molecular weight is 274 g/mol. The van der Waals surface area contributed by atoms with E-state index in [0.29, 0.717) is 0 Å². The number of hydrogen-bond acceptors (Lipinski definition) is 2. The highest BCUT2D eigenvalue weighted by atomic mass is 35.5. The number of pyridine rings is 1. The van der Waals surface area contributed by atoms with Gasteiger partial charge in [0.25, 0.3) is 0 Å². The van der Waals surface area contributed by atoms with Crippen molar-refractivity contribution in [3.8, 4) is 11.5 Å². The number of halogens is 4. The molecule has 0 bridgehead atoms. The number of rotatable bonds is 2. The van der Waals surface area contributed by atoms with Crippen molar-refractivity contribution in [3.05, 3.63) is 53.3 Å². The van der Waals surface area contributed by atoms with Gasteiger partial charge in [0.2, 0.25) is 0 Å². The number of ether oxygens (including phenoxy) is 1. The molecular formula is C12H7ClF3NO. The van der Waals surface area contributed by atoms with E-state index in [4.69, 9.17) is 16.3 Å². The molecule has 0 radical (unpaired) electrons. The lowest BCUT2D eigenvalue weighted by atomic mass is 10.2. The minimum atomic E-state index is -4.46. The summed E-state index contributed by atoms with van der Waals surface area (Å²) < 4.78 is 43.3. The van der Waals surface area contributed by atoms with Crippen molar-refractivity contribution in [2.24, 2.45) is 0 Å². The van der Waals surface area contributed by atoms with Crippen LogP contribution >= 0.6 is 11.6 Å². The molecule has 1 heterocycles. The van der Waals surface area contributed by atoms with Crippen molar-refractivity contribution >= 4 is 11.6 Å². The van der Waals surface area contributed by atoms with Crippen molar-refractivity contribution in [1.29, 1.82) is 0 Å². The first-order chi connectivity index (χ1) is 8.47. The van der Waals surface area contributed by atoms with Crippen molar-refractivity contribution in [2.45, 2.75) is 6.18 Å². The van der Waals surface area contributed by atoms with Gasteiger partial charge in [-0.05, 0) is 18.2 Å². The Labute approximate surface area is 106 Å². The van der Waals surface area contributed by atoms with Crippen molar-refractivity contribution in [3.63, 3.8) is 0 Å². The zero-order chi connectivity index (χ0) is 13.2. The quantitative estimate of drug-likeness (QED) is 0.749. The lowest BCUT2D eigenvalue weighted by molar-refractivity contribution is -0.138. The van der Waals surface area contributed by atoms with Crippen molar-refractivity contribution in [1.82, 2.24) is 4.98 Å². The van der Waals surface area contributed by atoms with E-state index in [-0.39, 0.29) is 16.7 Å². The Hall–Kier alpha value is -1.75. The summed E-state index contributed by atoms with van der Waals surface area (Å²) in [5.41, 5.74) is -0.835. The first-order valence-electron chi connectivity index (χ1n) is 4.92. The summed E-state index contributed by atoms with van der Waals surface area (Å²) in [7, 11) is 0. The van der Waals surface area contributed by atoms with Gasteiger partial charge in [0, 0.05) is 12.3 Å². The fourth-order valence-electron chi connectivity index (χ4n) is 1.36. The predicted octanol–water partition coefficient (Wildman–Crippen LogP) is 4.55. The van der Waals surface area contributed by atoms with Crippen LogP contribution in [0.1, 0.15) is 5.56 Å². The molecular weight excluding hydrogens is 267 g/mol. The third kappa shape index (κ3) is 2.92. The fourth-order valence-corrected chi connectivity index (χ4v) is 1.53. The molecule has 2 aromatic rings. The second-order valence-corrected chi connectivity index (χ2v) is 3.80. The molecule has 2 nitrogen and oxygen atoms in total. The zero-order valence-corrected chi connectivity index (χ0v) is 9.66. The zero-order valence-electron chi connectivity index (χ0n) is 8.91. The Morgan fingerprint density at radius 1 is 1.11 bits per heavy atom. The summed E-state index contributed by atoms with van der Waals surface area (Å²) >= 11 is 5.63. The van der Waals surface area contributed by atoms with Gasteiger partial charge < -0.3 is 4.74 Å². The second kappa shape index (κ2) is 4.86. The standard InChI is InChI=1S/C12H7ClF3NO/c13-11-7-8(5-6-17-11)18-10-4-2-1-3-9(10)12(14,15)16/h1-7H. The highest BCUT2D eigenvalue weighted by Gasteiger charge is 2.34. The van der Waals surface area contributed by atoms with Gasteiger partial charge in [-0.25, -0.2) is 4.98 Å². The topological polar surface area (TPSA) is 22.1 Å². The van der Waals surface area contributed by atoms with E-state index >= 15 is 0 Å². The van der Waals surface area contributed by atoms with Crippen LogP contribution in [-0.2, 0) is 6.18 Å². The van der Waals surface area contributed by atoms with Crippen LogP contribution in [0.15, 0.2) is 42.6 Å². The molecule has 0 unspecified atom stereocenters. The molecule has 0 atom stereocenters. The smallest absolute Gasteiger partial charge is 0.419 e. The molecule has 0 saturated heterocycles. The number of hydrogen-bond donors (Lipinski definition) is 0. The fraction of sp³-hybridized carbons (Fsp3) is 0.0833. The van der Waals surface area contributed by atoms with E-state index in [1.807, 2.05) is 0 Å². The third-order valence-electron chi connectivity index (χ3n) is 2.12. The lowest BCUT2D eigenvalue weighted by Crippen LogP contribution is -2.06. The summed E-state index contributed by atoms with van der Waals surface area (Å²) in [4.78, 5) is 3.72. The van der Waals surface area contributed by atoms with E-state index in [0.717, 1.165) is 6.07 Å². The molecule has 1 aromatic carbocycles. The molecule has 0 amide bonds. The summed E-state index contributed by atoms with van der Waals surface area (Å²) in [5.74, 6) is -0.0704. The van der Waals surface area contributed by atoms with Gasteiger partial charge >= 0.3 is 6.18 Å². The van der Waals surface area contributed by atoms with E-state index in [9.17, 15) is 13.2 Å². The van der Waals surface area contributed by atoms with Crippen LogP contribution in [0.3, 0.4) is 0 Å². The third-order valence-corrected chi connectivity index (χ3v) is 2.32. The summed E-state index contributed by atoms with van der Waals surface area (Å²) in [6, 6.07) is 7.74. The molecule has 0 N–H and O–H groups in total. The summed E-state index contributed by atoms with van der Waals surface area (Å²) in [6.45, 7) is 0. The molecule has 0 saturated carbocycles. The molecule has 1 aromatic heterocycles. The molecule has 0 spiro atoms. The van der Waals surface area contributed by atoms with Crippen LogP contribution in [0.5, 0.6) is 11.5 Å². The maximum absolute atomic E-state index is 12.7. The maximum Gasteiger partial charge on any atom is 0.419 e. The maximum atomic E-state index is 12.7. The minimum Gasteiger partial charge on any atom is -0.457 e. The second-order valence-electron chi connectivity index (χ2n) is 3.41. The normalized spacial score (nSPS) is 11.3. The lowest BCUT2D eigenvalue weighted by Gasteiger charge is -2.13. The Kier molecular flexibility index (Phi) is 3.43. The van der Waals surface area contributed by atoms with Gasteiger partial charge in [-0.1, -0.05) is 23.7 Å². The molecule has 18 heavy (non-hydrogen) atoms. The van der Waals surface area contributed by atoms with Gasteiger partial charge in [-0.15, -0.1) is 0 Å². The predicted molar refractivity (Wildman–Crippen MR) is 60.8 cm³/mol. The van der Waals surface area contributed by atoms with E-state index in [1.54, 1.807) is 0 Å². The number of benzene rings is 1. The largest absolute Gasteiger partial charge is 0.457 e. The molecule has 2 rings (SSSR count). The molecule has 0 aliphatic carbocycles. The molecule has 6 heteroatoms. The SMILES string of the molecule is FC(F)(F)c1ccccc1Oc1ccnc(Cl)c1. The Morgan fingerprint density at radius 2 is 1.83 bits per heavy atom. The van der Waals surface area contributed by atoms with Gasteiger partial charge in [0.1, 0.15) is 16.7 Å². The van der Waals surface area contributed by atoms with E-state index < -0.39 is 11.7 Å². The summed E-state index contributed by atoms with van der Waals surface area (Å²) in [5, 5.41) is 0.150. The Bertz CT molecular complexity index is 557. The molecule has 94 valence electrons. The van der Waals surface area contributed by atoms with Crippen LogP contribution in [0.2, 0.25) is 5.15 Å². The van der Waals surface area contributed by atoms with Crippen molar-refractivity contribution in [2.75, 3.05) is 0 Å². The minimum absolute atomic E-state index is 0.150. The number of aromatic nitrogens is 1. The highest BCUT2D eigenvalue weighted by Crippen LogP contribution is 2.37. The van der Waals surface area contributed by atoms with Crippen molar-refractivity contribution < 1.29 is 17.9 Å². The Balaban J connectivity index is 2.35. The highest BCUT2D eigenvalue weighted by molar-refractivity contribution is 6.29. The van der Waals surface area contributed by atoms with Gasteiger partial charge in [0.05, 0.1) is 5.56 Å². The van der Waals surface area contributed by atoms with Gasteiger partial charge in [-0.2, -0.15) is 13.2 Å². The number of alkyl halides is 3. The van der Waals surface area contributed by atoms with E-state index in [1.165, 1.54) is 36.5 Å². The molecule has 0 aliphatic rings. The van der Waals surface area contributed by atoms with Crippen LogP contribution in [0.4, 0.5) is 13.2 Å². The van der Waals surface area contributed by atoms with Gasteiger partial charge in [0.15, 0.2) is 0 Å². The molecule has 0 fully saturated rings. The monoisotopic (exact) mass is 273 g/mol. The van der Waals surface area contributed by atoms with Crippen LogP contribution in [-0.4, -0.2) is 4.98 Å². The average Bonchev–Trinajstić information content (AvgIpc) is 2.28. The first kappa shape index (κ1) is 12.7. The Morgan fingerprint density at radius 3 is 2.50 bits per heavy atom.